The molecular formula is C24H50O5. The van der Waals surface area contributed by atoms with Gasteiger partial charge in [0.05, 0.1) is 13.2 Å². The highest BCUT2D eigenvalue weighted by atomic mass is 16.4. The molecule has 0 atom stereocenters. The number of hydrogen-bond donors (Lipinski definition) is 4. The van der Waals surface area contributed by atoms with E-state index in [9.17, 15) is 4.79 Å². The van der Waals surface area contributed by atoms with Gasteiger partial charge in [-0.2, -0.15) is 0 Å². The lowest BCUT2D eigenvalue weighted by Gasteiger charge is -2.00. The number of hydrogen-bond acceptors (Lipinski definition) is 4. The van der Waals surface area contributed by atoms with Crippen molar-refractivity contribution >= 4 is 5.97 Å². The van der Waals surface area contributed by atoms with Crippen LogP contribution in [0.5, 0.6) is 0 Å². The van der Waals surface area contributed by atoms with Crippen LogP contribution in [0.1, 0.15) is 91.9 Å². The number of allylic oxidation sites excluding steroid dienone is 3. The number of carbonyl (C=O) groups is 1. The fraction of sp³-hybridized carbons (Fsp3) is 0.708. The van der Waals surface area contributed by atoms with Crippen molar-refractivity contribution in [2.24, 2.45) is 0 Å². The molecule has 5 heteroatoms. The maximum atomic E-state index is 10.2. The number of aliphatic carboxylic acids is 1. The van der Waals surface area contributed by atoms with Crippen molar-refractivity contribution in [1.29, 1.82) is 0 Å². The topological polar surface area (TPSA) is 98.0 Å². The number of rotatable bonds is 12. The molecule has 176 valence electrons. The molecular weight excluding hydrogens is 368 g/mol. The predicted molar refractivity (Wildman–Crippen MR) is 127 cm³/mol. The van der Waals surface area contributed by atoms with Crippen LogP contribution in [0.4, 0.5) is 0 Å². The molecule has 0 radical (unpaired) electrons. The molecule has 0 spiro atoms. The van der Waals surface area contributed by atoms with Gasteiger partial charge >= 0.3 is 5.97 Å². The van der Waals surface area contributed by atoms with Crippen LogP contribution in [0.15, 0.2) is 38.0 Å². The van der Waals surface area contributed by atoms with Gasteiger partial charge in [-0.3, -0.25) is 4.79 Å². The smallest absolute Gasteiger partial charge is 0.303 e. The van der Waals surface area contributed by atoms with E-state index in [0.717, 1.165) is 12.8 Å². The van der Waals surface area contributed by atoms with E-state index in [0.29, 0.717) is 6.42 Å². The molecule has 0 aliphatic carbocycles. The highest BCUT2D eigenvalue weighted by molar-refractivity contribution is 5.66. The molecule has 0 unspecified atom stereocenters. The zero-order valence-electron chi connectivity index (χ0n) is 19.6. The minimum atomic E-state index is -0.954. The molecule has 0 aliphatic heterocycles. The van der Waals surface area contributed by atoms with Crippen LogP contribution in [0.2, 0.25) is 0 Å². The van der Waals surface area contributed by atoms with E-state index in [1.165, 1.54) is 44.9 Å². The molecule has 0 aromatic heterocycles. The second-order valence-corrected chi connectivity index (χ2v) is 6.22. The Labute approximate surface area is 180 Å². The normalized spacial score (nSPS) is 8.41. The number of aliphatic hydroxyl groups is 3. The first-order chi connectivity index (χ1) is 13.8. The molecule has 0 saturated heterocycles. The summed E-state index contributed by atoms with van der Waals surface area (Å²) >= 11 is 0. The number of aliphatic hydroxyl groups excluding tert-OH is 3. The van der Waals surface area contributed by atoms with Crippen molar-refractivity contribution in [1.82, 2.24) is 0 Å². The van der Waals surface area contributed by atoms with Crippen LogP contribution in [-0.4, -0.2) is 45.7 Å². The van der Waals surface area contributed by atoms with Crippen LogP contribution in [-0.2, 0) is 4.79 Å². The molecule has 0 amide bonds. The van der Waals surface area contributed by atoms with Crippen LogP contribution in [0, 0.1) is 0 Å². The molecule has 0 aromatic carbocycles. The van der Waals surface area contributed by atoms with Gasteiger partial charge in [0.15, 0.2) is 0 Å². The summed E-state index contributed by atoms with van der Waals surface area (Å²) in [7, 11) is 0. The standard InChI is InChI=1S/C12H24O2.C3H8O3.3C3H6/c1-2-3-4-5-6-7-8-9-10-11-12(13)14;4-1-3(6)2-5;3*1-3-2/h2-11H2,1H3,(H,13,14);3-6H,1-2H2;3*3H,1H2,2H3. The molecule has 0 heterocycles. The fourth-order valence-corrected chi connectivity index (χ4v) is 1.64. The van der Waals surface area contributed by atoms with Gasteiger partial charge in [0.2, 0.25) is 0 Å². The van der Waals surface area contributed by atoms with Crippen LogP contribution < -0.4 is 0 Å². The average molecular weight is 419 g/mol. The second kappa shape index (κ2) is 45.4. The number of carboxylic acids is 1. The van der Waals surface area contributed by atoms with Crippen LogP contribution in [0.25, 0.3) is 0 Å². The van der Waals surface area contributed by atoms with Gasteiger partial charge in [0.25, 0.3) is 0 Å². The summed E-state index contributed by atoms with van der Waals surface area (Å²) in [5.41, 5.74) is 0. The number of unbranched alkanes of at least 4 members (excludes halogenated alkanes) is 8. The van der Waals surface area contributed by atoms with Crippen molar-refractivity contribution in [3.8, 4) is 0 Å². The Morgan fingerprint density at radius 1 is 0.759 bits per heavy atom. The largest absolute Gasteiger partial charge is 0.481 e. The quantitative estimate of drug-likeness (QED) is 0.234. The van der Waals surface area contributed by atoms with Crippen LogP contribution >= 0.6 is 0 Å². The minimum Gasteiger partial charge on any atom is -0.481 e. The Morgan fingerprint density at radius 2 is 1.03 bits per heavy atom. The monoisotopic (exact) mass is 418 g/mol. The van der Waals surface area contributed by atoms with E-state index < -0.39 is 12.1 Å². The van der Waals surface area contributed by atoms with Crippen molar-refractivity contribution in [3.05, 3.63) is 38.0 Å². The van der Waals surface area contributed by atoms with Gasteiger partial charge in [0, 0.05) is 6.42 Å². The second-order valence-electron chi connectivity index (χ2n) is 6.22. The Bertz CT molecular complexity index is 285. The van der Waals surface area contributed by atoms with Gasteiger partial charge in [0.1, 0.15) is 6.10 Å². The van der Waals surface area contributed by atoms with Crippen molar-refractivity contribution in [3.63, 3.8) is 0 Å². The summed E-state index contributed by atoms with van der Waals surface area (Å²) in [6, 6.07) is 0. The third-order valence-corrected chi connectivity index (χ3v) is 2.92. The van der Waals surface area contributed by atoms with Crippen molar-refractivity contribution in [2.45, 2.75) is 98.0 Å². The highest BCUT2D eigenvalue weighted by Gasteiger charge is 1.96. The first-order valence-electron chi connectivity index (χ1n) is 10.7. The van der Waals surface area contributed by atoms with Gasteiger partial charge in [-0.15, -0.1) is 19.7 Å². The summed E-state index contributed by atoms with van der Waals surface area (Å²) in [4.78, 5) is 10.2. The molecule has 0 saturated carbocycles. The summed E-state index contributed by atoms with van der Waals surface area (Å²) in [6.45, 7) is 17.2. The summed E-state index contributed by atoms with van der Waals surface area (Å²) < 4.78 is 0. The first-order valence-corrected chi connectivity index (χ1v) is 10.7. The van der Waals surface area contributed by atoms with E-state index in [2.05, 4.69) is 26.7 Å². The minimum absolute atomic E-state index is 0.343. The van der Waals surface area contributed by atoms with E-state index in [1.54, 1.807) is 18.2 Å². The Kier molecular flexibility index (Phi) is 59.8. The lowest BCUT2D eigenvalue weighted by atomic mass is 10.1. The highest BCUT2D eigenvalue weighted by Crippen LogP contribution is 2.10. The molecule has 0 bridgehead atoms. The van der Waals surface area contributed by atoms with Gasteiger partial charge in [-0.1, -0.05) is 76.5 Å². The SMILES string of the molecule is C=CC.C=CC.C=CC.CCCCCCCCCCCC(=O)O.OCC(O)CO. The summed E-state index contributed by atoms with van der Waals surface area (Å²) in [5.74, 6) is -0.659. The number of carboxylic acid groups (broad SMARTS) is 1. The molecule has 0 rings (SSSR count). The molecule has 0 aromatic rings. The van der Waals surface area contributed by atoms with Crippen molar-refractivity contribution in [2.75, 3.05) is 13.2 Å². The zero-order chi connectivity index (χ0) is 23.8. The van der Waals surface area contributed by atoms with Crippen molar-refractivity contribution < 1.29 is 25.2 Å². The maximum absolute atomic E-state index is 10.2. The van der Waals surface area contributed by atoms with Gasteiger partial charge in [-0.05, 0) is 27.2 Å². The fourth-order valence-electron chi connectivity index (χ4n) is 1.64. The maximum Gasteiger partial charge on any atom is 0.303 e. The van der Waals surface area contributed by atoms with Gasteiger partial charge < -0.3 is 20.4 Å². The van der Waals surface area contributed by atoms with Gasteiger partial charge in [-0.25, -0.2) is 0 Å². The predicted octanol–water partition coefficient (Wildman–Crippen LogP) is 5.90. The van der Waals surface area contributed by atoms with E-state index in [1.807, 2.05) is 20.8 Å². The third-order valence-electron chi connectivity index (χ3n) is 2.92. The van der Waals surface area contributed by atoms with E-state index >= 15 is 0 Å². The zero-order valence-corrected chi connectivity index (χ0v) is 19.6. The molecule has 5 nitrogen and oxygen atoms in total. The molecule has 0 aliphatic rings. The Balaban J connectivity index is -0.000000105. The lowest BCUT2D eigenvalue weighted by Crippen LogP contribution is -2.15. The Morgan fingerprint density at radius 3 is 1.24 bits per heavy atom. The molecule has 4 N–H and O–H groups in total. The molecule has 29 heavy (non-hydrogen) atoms. The Hall–Kier alpha value is -1.43. The first kappa shape index (κ1) is 38.2. The summed E-state index contributed by atoms with van der Waals surface area (Å²) in [5, 5.41) is 32.4. The third kappa shape index (κ3) is 87.1. The summed E-state index contributed by atoms with van der Waals surface area (Å²) in [6.07, 6.45) is 15.8. The average Bonchev–Trinajstić information content (AvgIpc) is 2.68. The molecule has 0 fully saturated rings. The van der Waals surface area contributed by atoms with E-state index in [-0.39, 0.29) is 13.2 Å². The van der Waals surface area contributed by atoms with Crippen LogP contribution in [0.3, 0.4) is 0 Å². The lowest BCUT2D eigenvalue weighted by molar-refractivity contribution is -0.137. The van der Waals surface area contributed by atoms with E-state index in [4.69, 9.17) is 20.4 Å².